The molecule has 0 aliphatic carbocycles. The number of fused-ring (bicyclic) bond motifs is 2. The molecule has 0 unspecified atom stereocenters. The lowest BCUT2D eigenvalue weighted by molar-refractivity contribution is -0.140. The summed E-state index contributed by atoms with van der Waals surface area (Å²) in [6.07, 6.45) is -5.00. The molecule has 164 valence electrons. The molecule has 5 aromatic rings. The van der Waals surface area contributed by atoms with Crippen LogP contribution in [0.4, 0.5) is 19.0 Å². The maximum atomic E-state index is 14.1. The predicted molar refractivity (Wildman–Crippen MR) is 112 cm³/mol. The first kappa shape index (κ1) is 20.3. The number of hydrogen-bond acceptors (Lipinski definition) is 5. The fourth-order valence-electron chi connectivity index (χ4n) is 3.60. The van der Waals surface area contributed by atoms with Crippen LogP contribution in [0.1, 0.15) is 5.69 Å². The van der Waals surface area contributed by atoms with Crippen molar-refractivity contribution < 1.29 is 22.3 Å². The van der Waals surface area contributed by atoms with Crippen LogP contribution >= 0.6 is 0 Å². The minimum atomic E-state index is -5.00. The SMILES string of the molecule is [C-]#[N+]c1[nH]n2c(=O)c(-c3nc4c(OC)cccc4o3)c(C(F)(F)F)nc2c1-c1ccccc1. The van der Waals surface area contributed by atoms with Gasteiger partial charge in [-0.3, -0.25) is 4.79 Å². The van der Waals surface area contributed by atoms with E-state index in [0.29, 0.717) is 5.56 Å². The Kier molecular flexibility index (Phi) is 4.45. The van der Waals surface area contributed by atoms with Gasteiger partial charge in [-0.05, 0) is 17.7 Å². The van der Waals surface area contributed by atoms with Crippen LogP contribution in [0, 0.1) is 6.57 Å². The van der Waals surface area contributed by atoms with E-state index in [1.165, 1.54) is 13.2 Å². The van der Waals surface area contributed by atoms with E-state index in [-0.39, 0.29) is 33.9 Å². The van der Waals surface area contributed by atoms with Crippen molar-refractivity contribution in [3.05, 3.63) is 76.0 Å². The normalized spacial score (nSPS) is 11.7. The lowest BCUT2D eigenvalue weighted by atomic mass is 10.1. The number of aromatic nitrogens is 4. The van der Waals surface area contributed by atoms with Gasteiger partial charge in [-0.1, -0.05) is 43.0 Å². The standard InChI is InChI=1S/C22H12F3N5O3/c1-26-18-14(11-7-4-3-5-8-11)19-28-17(22(23,24)25)15(21(31)30(19)29-18)20-27-16-12(32-2)9-6-10-13(16)33-20/h3-10,29H,2H3. The summed E-state index contributed by atoms with van der Waals surface area (Å²) in [6, 6.07) is 12.9. The number of H-pyrrole nitrogens is 1. The Morgan fingerprint density at radius 2 is 1.85 bits per heavy atom. The fraction of sp³-hybridized carbons (Fsp3) is 0.0909. The van der Waals surface area contributed by atoms with E-state index in [0.717, 1.165) is 4.52 Å². The molecule has 0 atom stereocenters. The summed E-state index contributed by atoms with van der Waals surface area (Å²) in [6.45, 7) is 7.43. The molecule has 0 saturated carbocycles. The van der Waals surface area contributed by atoms with Crippen molar-refractivity contribution in [2.24, 2.45) is 0 Å². The van der Waals surface area contributed by atoms with Crippen LogP contribution in [-0.4, -0.2) is 26.7 Å². The van der Waals surface area contributed by atoms with Crippen molar-refractivity contribution in [3.63, 3.8) is 0 Å². The molecule has 1 N–H and O–H groups in total. The van der Waals surface area contributed by atoms with Gasteiger partial charge in [-0.15, -0.1) is 4.52 Å². The number of hydrogen-bond donors (Lipinski definition) is 1. The molecule has 0 aliphatic heterocycles. The van der Waals surface area contributed by atoms with E-state index in [9.17, 15) is 18.0 Å². The Morgan fingerprint density at radius 1 is 1.09 bits per heavy atom. The van der Waals surface area contributed by atoms with Gasteiger partial charge in [0.2, 0.25) is 5.89 Å². The highest BCUT2D eigenvalue weighted by Gasteiger charge is 2.41. The Labute approximate surface area is 182 Å². The second-order valence-corrected chi connectivity index (χ2v) is 6.94. The molecule has 0 saturated heterocycles. The Balaban J connectivity index is 1.89. The quantitative estimate of drug-likeness (QED) is 0.387. The number of nitrogens with one attached hydrogen (secondary N) is 1. The molecule has 2 aromatic carbocycles. The largest absolute Gasteiger partial charge is 0.494 e. The molecule has 3 heterocycles. The minimum absolute atomic E-state index is 0.0824. The molecule has 11 heteroatoms. The van der Waals surface area contributed by atoms with E-state index < -0.39 is 28.9 Å². The molecule has 8 nitrogen and oxygen atoms in total. The molecular weight excluding hydrogens is 439 g/mol. The number of benzene rings is 2. The molecule has 0 aliphatic rings. The van der Waals surface area contributed by atoms with Crippen LogP contribution in [0.2, 0.25) is 0 Å². The van der Waals surface area contributed by atoms with Crippen LogP contribution in [0.25, 0.3) is 44.2 Å². The molecule has 0 amide bonds. The lowest BCUT2D eigenvalue weighted by Gasteiger charge is -2.09. The first-order chi connectivity index (χ1) is 15.8. The number of methoxy groups -OCH3 is 1. The molecule has 5 rings (SSSR count). The van der Waals surface area contributed by atoms with Gasteiger partial charge < -0.3 is 14.0 Å². The van der Waals surface area contributed by atoms with Crippen molar-refractivity contribution in [3.8, 4) is 28.3 Å². The topological polar surface area (TPSA) is 89.8 Å². The number of alkyl halides is 3. The van der Waals surface area contributed by atoms with Crippen LogP contribution in [0.15, 0.2) is 57.7 Å². The van der Waals surface area contributed by atoms with Crippen LogP contribution < -0.4 is 10.3 Å². The first-order valence-electron chi connectivity index (χ1n) is 9.46. The number of ether oxygens (including phenoxy) is 1. The Morgan fingerprint density at radius 3 is 2.52 bits per heavy atom. The van der Waals surface area contributed by atoms with Crippen molar-refractivity contribution in [1.29, 1.82) is 0 Å². The fourth-order valence-corrected chi connectivity index (χ4v) is 3.60. The maximum Gasteiger partial charge on any atom is 0.434 e. The van der Waals surface area contributed by atoms with Crippen LogP contribution in [0.3, 0.4) is 0 Å². The van der Waals surface area contributed by atoms with E-state index in [1.54, 1.807) is 42.5 Å². The summed E-state index contributed by atoms with van der Waals surface area (Å²) < 4.78 is 53.7. The highest BCUT2D eigenvalue weighted by Crippen LogP contribution is 2.39. The highest BCUT2D eigenvalue weighted by molar-refractivity contribution is 5.88. The smallest absolute Gasteiger partial charge is 0.434 e. The van der Waals surface area contributed by atoms with Crippen molar-refractivity contribution in [2.75, 3.05) is 7.11 Å². The van der Waals surface area contributed by atoms with Crippen molar-refractivity contribution >= 4 is 22.6 Å². The number of rotatable bonds is 3. The summed E-state index contributed by atoms with van der Waals surface area (Å²) in [5, 5.41) is 2.55. The van der Waals surface area contributed by atoms with Gasteiger partial charge in [0.1, 0.15) is 11.3 Å². The van der Waals surface area contributed by atoms with Gasteiger partial charge in [0.15, 0.2) is 22.4 Å². The average molecular weight is 451 g/mol. The van der Waals surface area contributed by atoms with Gasteiger partial charge >= 0.3 is 11.7 Å². The van der Waals surface area contributed by atoms with Crippen LogP contribution in [-0.2, 0) is 6.18 Å². The second kappa shape index (κ2) is 7.23. The summed E-state index contributed by atoms with van der Waals surface area (Å²) in [5.41, 5.74) is -2.97. The molecule has 3 aromatic heterocycles. The van der Waals surface area contributed by atoms with Gasteiger partial charge in [0, 0.05) is 0 Å². The molecule has 0 spiro atoms. The van der Waals surface area contributed by atoms with E-state index >= 15 is 0 Å². The minimum Gasteiger partial charge on any atom is -0.494 e. The Hall–Kier alpha value is -4.59. The third-order valence-electron chi connectivity index (χ3n) is 5.02. The summed E-state index contributed by atoms with van der Waals surface area (Å²) in [5.74, 6) is -0.420. The van der Waals surface area contributed by atoms with Crippen molar-refractivity contribution in [2.45, 2.75) is 6.18 Å². The van der Waals surface area contributed by atoms with Gasteiger partial charge in [-0.25, -0.2) is 15.1 Å². The third kappa shape index (κ3) is 3.11. The summed E-state index contributed by atoms with van der Waals surface area (Å²) in [7, 11) is 1.38. The third-order valence-corrected chi connectivity index (χ3v) is 5.02. The zero-order valence-electron chi connectivity index (χ0n) is 16.8. The van der Waals surface area contributed by atoms with E-state index in [4.69, 9.17) is 15.7 Å². The first-order valence-corrected chi connectivity index (χ1v) is 9.46. The molecule has 33 heavy (non-hydrogen) atoms. The number of halogens is 3. The van der Waals surface area contributed by atoms with Gasteiger partial charge in [0.25, 0.3) is 5.82 Å². The second-order valence-electron chi connectivity index (χ2n) is 6.94. The number of aromatic amines is 1. The number of oxazole rings is 1. The summed E-state index contributed by atoms with van der Waals surface area (Å²) >= 11 is 0. The molecule has 0 bridgehead atoms. The maximum absolute atomic E-state index is 14.1. The lowest BCUT2D eigenvalue weighted by Crippen LogP contribution is -2.24. The molecular formula is C22H12F3N5O3. The Bertz CT molecular complexity index is 1630. The van der Waals surface area contributed by atoms with E-state index in [2.05, 4.69) is 19.9 Å². The zero-order chi connectivity index (χ0) is 23.3. The highest BCUT2D eigenvalue weighted by atomic mass is 19.4. The van der Waals surface area contributed by atoms with Crippen LogP contribution in [0.5, 0.6) is 5.75 Å². The molecule has 0 fully saturated rings. The van der Waals surface area contributed by atoms with Gasteiger partial charge in [-0.2, -0.15) is 13.2 Å². The predicted octanol–water partition coefficient (Wildman–Crippen LogP) is 5.08. The van der Waals surface area contributed by atoms with E-state index in [1.807, 2.05) is 0 Å². The summed E-state index contributed by atoms with van der Waals surface area (Å²) in [4.78, 5) is 24.5. The zero-order valence-corrected chi connectivity index (χ0v) is 16.8. The van der Waals surface area contributed by atoms with Gasteiger partial charge in [0.05, 0.1) is 12.7 Å². The molecule has 0 radical (unpaired) electrons. The average Bonchev–Trinajstić information content (AvgIpc) is 3.40. The van der Waals surface area contributed by atoms with Crippen molar-refractivity contribution in [1.82, 2.24) is 19.6 Å². The number of nitrogens with zero attached hydrogens (tertiary/aromatic N) is 4. The monoisotopic (exact) mass is 451 g/mol. The number of para-hydroxylation sites is 1.